The Morgan fingerprint density at radius 2 is 1.87 bits per heavy atom. The number of likely N-dealkylation sites (tertiary alicyclic amines) is 1. The molecule has 0 bridgehead atoms. The number of nitrogens with zero attached hydrogens (tertiary/aromatic N) is 1. The number of ether oxygens (including phenoxy) is 2. The Labute approximate surface area is 137 Å². The number of carbonyl (C=O) groups is 1. The largest absolute Gasteiger partial charge is 0.493 e. The van der Waals surface area contributed by atoms with E-state index in [1.165, 1.54) is 29.5 Å². The molecule has 4 rings (SSSR count). The first-order valence-corrected chi connectivity index (χ1v) is 8.48. The van der Waals surface area contributed by atoms with Crippen LogP contribution in [0.25, 0.3) is 6.08 Å². The van der Waals surface area contributed by atoms with E-state index in [1.54, 1.807) is 14.2 Å². The first kappa shape index (κ1) is 14.6. The zero-order valence-electron chi connectivity index (χ0n) is 13.8. The Morgan fingerprint density at radius 1 is 1.09 bits per heavy atom. The number of methoxy groups -OCH3 is 2. The molecule has 2 atom stereocenters. The first-order chi connectivity index (χ1) is 11.2. The van der Waals surface area contributed by atoms with E-state index in [9.17, 15) is 4.79 Å². The van der Waals surface area contributed by atoms with E-state index in [2.05, 4.69) is 23.1 Å². The molecule has 0 unspecified atom stereocenters. The summed E-state index contributed by atoms with van der Waals surface area (Å²) in [7, 11) is 3.33. The summed E-state index contributed by atoms with van der Waals surface area (Å²) in [6.07, 6.45) is 7.52. The Balaban J connectivity index is 1.86. The third-order valence-electron chi connectivity index (χ3n) is 5.53. The lowest BCUT2D eigenvalue weighted by atomic mass is 9.79. The topological polar surface area (TPSA) is 38.8 Å². The van der Waals surface area contributed by atoms with Crippen LogP contribution in [0.1, 0.15) is 49.3 Å². The molecule has 1 saturated heterocycles. The third kappa shape index (κ3) is 2.23. The van der Waals surface area contributed by atoms with Crippen molar-refractivity contribution in [2.24, 2.45) is 5.92 Å². The van der Waals surface area contributed by atoms with Gasteiger partial charge in [0, 0.05) is 18.9 Å². The van der Waals surface area contributed by atoms with Crippen LogP contribution in [0.15, 0.2) is 17.7 Å². The highest BCUT2D eigenvalue weighted by molar-refractivity contribution is 5.80. The van der Waals surface area contributed by atoms with Gasteiger partial charge in [0.1, 0.15) is 0 Å². The average molecular weight is 313 g/mol. The van der Waals surface area contributed by atoms with Gasteiger partial charge in [-0.1, -0.05) is 11.6 Å². The Bertz CT molecular complexity index is 679. The number of hydrogen-bond donors (Lipinski definition) is 0. The lowest BCUT2D eigenvalue weighted by molar-refractivity contribution is -0.130. The lowest BCUT2D eigenvalue weighted by Gasteiger charge is -2.38. The second-order valence-corrected chi connectivity index (χ2v) is 6.69. The average Bonchev–Trinajstić information content (AvgIpc) is 3.20. The first-order valence-electron chi connectivity index (χ1n) is 8.48. The molecule has 1 aromatic carbocycles. The van der Waals surface area contributed by atoms with Crippen molar-refractivity contribution in [3.05, 3.63) is 28.8 Å². The summed E-state index contributed by atoms with van der Waals surface area (Å²) in [6, 6.07) is 4.31. The minimum Gasteiger partial charge on any atom is -0.493 e. The quantitative estimate of drug-likeness (QED) is 0.856. The van der Waals surface area contributed by atoms with Gasteiger partial charge in [0.15, 0.2) is 11.5 Å². The van der Waals surface area contributed by atoms with Gasteiger partial charge >= 0.3 is 0 Å². The van der Waals surface area contributed by atoms with E-state index in [-0.39, 0.29) is 6.04 Å². The number of carbonyl (C=O) groups excluding carboxylic acids is 1. The second-order valence-electron chi connectivity index (χ2n) is 6.69. The van der Waals surface area contributed by atoms with Crippen molar-refractivity contribution < 1.29 is 14.3 Å². The van der Waals surface area contributed by atoms with E-state index in [0.29, 0.717) is 18.2 Å². The van der Waals surface area contributed by atoms with Crippen LogP contribution >= 0.6 is 0 Å². The van der Waals surface area contributed by atoms with E-state index >= 15 is 0 Å². The number of hydrogen-bond acceptors (Lipinski definition) is 3. The van der Waals surface area contributed by atoms with Crippen molar-refractivity contribution in [2.75, 3.05) is 20.8 Å². The number of amides is 1. The Hall–Kier alpha value is -1.97. The predicted molar refractivity (Wildman–Crippen MR) is 88.6 cm³/mol. The van der Waals surface area contributed by atoms with Crippen molar-refractivity contribution in [2.45, 2.75) is 38.1 Å². The Morgan fingerprint density at radius 3 is 2.57 bits per heavy atom. The number of benzene rings is 1. The van der Waals surface area contributed by atoms with Crippen LogP contribution in [0, 0.1) is 5.92 Å². The second kappa shape index (κ2) is 5.59. The summed E-state index contributed by atoms with van der Waals surface area (Å²) in [5.74, 6) is 2.27. The van der Waals surface area contributed by atoms with E-state index in [1.807, 2.05) is 0 Å². The maximum absolute atomic E-state index is 12.4. The standard InChI is InChI=1S/C19H23NO3/c1-22-16-10-13-9-12-5-3-6-14(12)19(15(13)11-17(16)23-2)20-8-4-7-18(20)21/h9-11,14,19H,3-8H2,1-2H3/t14-,19+/m1/s1. The van der Waals surface area contributed by atoms with Crippen molar-refractivity contribution in [1.29, 1.82) is 0 Å². The molecule has 23 heavy (non-hydrogen) atoms. The van der Waals surface area contributed by atoms with Gasteiger partial charge in [-0.15, -0.1) is 0 Å². The van der Waals surface area contributed by atoms with E-state index in [4.69, 9.17) is 9.47 Å². The lowest BCUT2D eigenvalue weighted by Crippen LogP contribution is -2.36. The van der Waals surface area contributed by atoms with Crippen molar-refractivity contribution in [3.8, 4) is 11.5 Å². The molecule has 1 aliphatic heterocycles. The number of fused-ring (bicyclic) bond motifs is 2. The molecular formula is C19H23NO3. The molecule has 4 nitrogen and oxygen atoms in total. The van der Waals surface area contributed by atoms with Crippen LogP contribution in [0.4, 0.5) is 0 Å². The summed E-state index contributed by atoms with van der Waals surface area (Å²) in [6.45, 7) is 0.876. The fourth-order valence-electron chi connectivity index (χ4n) is 4.49. The van der Waals surface area contributed by atoms with Crippen molar-refractivity contribution >= 4 is 12.0 Å². The maximum Gasteiger partial charge on any atom is 0.223 e. The zero-order valence-corrected chi connectivity index (χ0v) is 13.8. The summed E-state index contributed by atoms with van der Waals surface area (Å²) >= 11 is 0. The number of rotatable bonds is 3. The summed E-state index contributed by atoms with van der Waals surface area (Å²) < 4.78 is 11.0. The predicted octanol–water partition coefficient (Wildman–Crippen LogP) is 3.56. The van der Waals surface area contributed by atoms with Gasteiger partial charge in [-0.05, 0) is 48.9 Å². The van der Waals surface area contributed by atoms with Gasteiger partial charge in [-0.25, -0.2) is 0 Å². The molecule has 0 radical (unpaired) electrons. The normalized spacial score (nSPS) is 25.9. The monoisotopic (exact) mass is 313 g/mol. The highest BCUT2D eigenvalue weighted by Crippen LogP contribution is 2.51. The van der Waals surface area contributed by atoms with Crippen LogP contribution in [0.2, 0.25) is 0 Å². The summed E-state index contributed by atoms with van der Waals surface area (Å²) in [5, 5.41) is 0. The minimum absolute atomic E-state index is 0.169. The molecule has 0 spiro atoms. The van der Waals surface area contributed by atoms with E-state index < -0.39 is 0 Å². The van der Waals surface area contributed by atoms with Crippen molar-refractivity contribution in [1.82, 2.24) is 4.90 Å². The molecule has 122 valence electrons. The highest BCUT2D eigenvalue weighted by Gasteiger charge is 2.41. The molecule has 1 saturated carbocycles. The van der Waals surface area contributed by atoms with Crippen LogP contribution in [0.5, 0.6) is 11.5 Å². The van der Waals surface area contributed by atoms with Gasteiger partial charge in [0.2, 0.25) is 5.91 Å². The molecule has 0 N–H and O–H groups in total. The van der Waals surface area contributed by atoms with Crippen LogP contribution in [-0.2, 0) is 4.79 Å². The molecule has 2 aliphatic carbocycles. The zero-order chi connectivity index (χ0) is 16.0. The fourth-order valence-corrected chi connectivity index (χ4v) is 4.49. The molecule has 1 amide bonds. The smallest absolute Gasteiger partial charge is 0.223 e. The molecule has 1 heterocycles. The van der Waals surface area contributed by atoms with Crippen molar-refractivity contribution in [3.63, 3.8) is 0 Å². The molecule has 4 heteroatoms. The molecule has 2 fully saturated rings. The molecular weight excluding hydrogens is 290 g/mol. The van der Waals surface area contributed by atoms with Crippen LogP contribution in [-0.4, -0.2) is 31.6 Å². The molecule has 0 aromatic heterocycles. The summed E-state index contributed by atoms with van der Waals surface area (Å²) in [5.41, 5.74) is 3.89. The van der Waals surface area contributed by atoms with Gasteiger partial charge in [0.25, 0.3) is 0 Å². The SMILES string of the molecule is COc1cc2c(cc1OC)[C@@H](N1CCCC1=O)[C@@H]1CCCC1=C2. The van der Waals surface area contributed by atoms with Gasteiger partial charge < -0.3 is 14.4 Å². The third-order valence-corrected chi connectivity index (χ3v) is 5.53. The van der Waals surface area contributed by atoms with Crippen LogP contribution in [0.3, 0.4) is 0 Å². The van der Waals surface area contributed by atoms with E-state index in [0.717, 1.165) is 30.9 Å². The van der Waals surface area contributed by atoms with Gasteiger partial charge in [-0.2, -0.15) is 0 Å². The fraction of sp³-hybridized carbons (Fsp3) is 0.526. The summed E-state index contributed by atoms with van der Waals surface area (Å²) in [4.78, 5) is 14.5. The molecule has 3 aliphatic rings. The molecule has 1 aromatic rings. The Kier molecular flexibility index (Phi) is 3.55. The van der Waals surface area contributed by atoms with Gasteiger partial charge in [-0.3, -0.25) is 4.79 Å². The highest BCUT2D eigenvalue weighted by atomic mass is 16.5. The van der Waals surface area contributed by atoms with Gasteiger partial charge in [0.05, 0.1) is 20.3 Å². The van der Waals surface area contributed by atoms with Crippen LogP contribution < -0.4 is 9.47 Å². The minimum atomic E-state index is 0.169. The maximum atomic E-state index is 12.4.